The molecule has 1 amide bonds. The Bertz CT molecular complexity index is 726. The van der Waals surface area contributed by atoms with Gasteiger partial charge in [0.25, 0.3) is 5.91 Å². The normalized spacial score (nSPS) is 11.7. The van der Waals surface area contributed by atoms with E-state index in [4.69, 9.17) is 14.7 Å². The van der Waals surface area contributed by atoms with E-state index in [-0.39, 0.29) is 17.8 Å². The third kappa shape index (κ3) is 4.70. The highest BCUT2D eigenvalue weighted by atomic mass is 127. The first-order valence-corrected chi connectivity index (χ1v) is 8.66. The highest BCUT2D eigenvalue weighted by molar-refractivity contribution is 14.1. The number of benzene rings is 2. The molecule has 0 fully saturated rings. The van der Waals surface area contributed by atoms with Crippen LogP contribution in [0.3, 0.4) is 0 Å². The van der Waals surface area contributed by atoms with Gasteiger partial charge in [0, 0.05) is 5.69 Å². The molecule has 2 rings (SSSR count). The quantitative estimate of drug-likeness (QED) is 0.645. The lowest BCUT2D eigenvalue weighted by Gasteiger charge is -2.11. The first-order chi connectivity index (χ1) is 11.4. The first kappa shape index (κ1) is 18.7. The molecule has 1 atom stereocenters. The zero-order chi connectivity index (χ0) is 17.7. The molecule has 4 nitrogen and oxygen atoms in total. The van der Waals surface area contributed by atoms with Crippen LogP contribution in [0.5, 0.6) is 0 Å². The Morgan fingerprint density at radius 3 is 2.46 bits per heavy atom. The highest BCUT2D eigenvalue weighted by Gasteiger charge is 2.15. The fourth-order valence-electron chi connectivity index (χ4n) is 2.35. The van der Waals surface area contributed by atoms with Gasteiger partial charge < -0.3 is 8.38 Å². The lowest BCUT2D eigenvalue weighted by Crippen LogP contribution is -2.14. The summed E-state index contributed by atoms with van der Waals surface area (Å²) in [7, 11) is 0. The molecule has 0 aliphatic heterocycles. The Kier molecular flexibility index (Phi) is 6.62. The smallest absolute Gasteiger partial charge is 0.318 e. The van der Waals surface area contributed by atoms with Crippen molar-refractivity contribution in [3.8, 4) is 0 Å². The van der Waals surface area contributed by atoms with Gasteiger partial charge in [0.05, 0.1) is 16.5 Å². The highest BCUT2D eigenvalue weighted by Crippen LogP contribution is 2.21. The summed E-state index contributed by atoms with van der Waals surface area (Å²) in [5.74, 6) is -0.706. The summed E-state index contributed by atoms with van der Waals surface area (Å²) < 4.78 is 4.69. The average Bonchev–Trinajstić information content (AvgIpc) is 2.55. The molecule has 0 aliphatic carbocycles. The average molecular weight is 458 g/mol. The monoisotopic (exact) mass is 457 g/mol. The van der Waals surface area contributed by atoms with Gasteiger partial charge in [-0.3, -0.25) is 9.59 Å². The standard InChI is InChI=1S/C18H17ClINO3/c1-11-4-3-5-15(19)16(11)17(22)21-14-8-6-13(7-9-14)10-12(2)18(23)24-20/h3-9,12H,10H2,1-2H3,(H,21,22). The third-order valence-corrected chi connectivity index (χ3v) is 4.43. The van der Waals surface area contributed by atoms with Crippen LogP contribution in [0.4, 0.5) is 5.69 Å². The molecule has 0 saturated heterocycles. The van der Waals surface area contributed by atoms with E-state index >= 15 is 0 Å². The first-order valence-electron chi connectivity index (χ1n) is 7.40. The van der Waals surface area contributed by atoms with Gasteiger partial charge in [-0.2, -0.15) is 0 Å². The second-order valence-electron chi connectivity index (χ2n) is 5.58. The van der Waals surface area contributed by atoms with Crippen LogP contribution in [0.1, 0.15) is 28.4 Å². The topological polar surface area (TPSA) is 55.4 Å². The second-order valence-corrected chi connectivity index (χ2v) is 6.43. The number of carbonyl (C=O) groups excluding carboxylic acids is 2. The van der Waals surface area contributed by atoms with Crippen molar-refractivity contribution in [2.45, 2.75) is 20.3 Å². The Morgan fingerprint density at radius 2 is 1.88 bits per heavy atom. The molecule has 2 aromatic carbocycles. The maximum atomic E-state index is 12.4. The van der Waals surface area contributed by atoms with E-state index in [9.17, 15) is 9.59 Å². The lowest BCUT2D eigenvalue weighted by atomic mass is 10.0. The molecule has 0 aromatic heterocycles. The van der Waals surface area contributed by atoms with Crippen LogP contribution < -0.4 is 5.32 Å². The van der Waals surface area contributed by atoms with Crippen molar-refractivity contribution in [1.29, 1.82) is 0 Å². The number of carbonyl (C=O) groups is 2. The van der Waals surface area contributed by atoms with E-state index in [2.05, 4.69) is 5.32 Å². The SMILES string of the molecule is Cc1cccc(Cl)c1C(=O)Nc1ccc(CC(C)C(=O)OI)cc1. The Labute approximate surface area is 160 Å². The zero-order valence-electron chi connectivity index (χ0n) is 13.3. The summed E-state index contributed by atoms with van der Waals surface area (Å²) in [5, 5.41) is 3.26. The molecule has 126 valence electrons. The third-order valence-electron chi connectivity index (χ3n) is 3.68. The van der Waals surface area contributed by atoms with Crippen LogP contribution in [-0.4, -0.2) is 11.9 Å². The molecular formula is C18H17ClINO3. The summed E-state index contributed by atoms with van der Waals surface area (Å²) in [6.45, 7) is 3.66. The number of hydrogen-bond acceptors (Lipinski definition) is 3. The molecule has 1 N–H and O–H groups in total. The predicted molar refractivity (Wildman–Crippen MR) is 104 cm³/mol. The van der Waals surface area contributed by atoms with Crippen LogP contribution in [0.15, 0.2) is 42.5 Å². The van der Waals surface area contributed by atoms with E-state index < -0.39 is 0 Å². The summed E-state index contributed by atoms with van der Waals surface area (Å²) >= 11 is 7.70. The summed E-state index contributed by atoms with van der Waals surface area (Å²) in [6.07, 6.45) is 0.583. The maximum Gasteiger partial charge on any atom is 0.318 e. The van der Waals surface area contributed by atoms with Crippen molar-refractivity contribution in [3.63, 3.8) is 0 Å². The molecule has 24 heavy (non-hydrogen) atoms. The molecule has 6 heteroatoms. The number of anilines is 1. The van der Waals surface area contributed by atoms with Gasteiger partial charge in [0.15, 0.2) is 23.0 Å². The fourth-order valence-corrected chi connectivity index (χ4v) is 3.09. The van der Waals surface area contributed by atoms with E-state index in [0.29, 0.717) is 22.7 Å². The molecule has 0 saturated carbocycles. The van der Waals surface area contributed by atoms with Gasteiger partial charge >= 0.3 is 5.97 Å². The zero-order valence-corrected chi connectivity index (χ0v) is 16.2. The second kappa shape index (κ2) is 8.48. The van der Waals surface area contributed by atoms with Crippen LogP contribution in [0.2, 0.25) is 5.02 Å². The minimum atomic E-state index is -0.248. The van der Waals surface area contributed by atoms with Crippen LogP contribution in [-0.2, 0) is 14.3 Å². The molecule has 0 spiro atoms. The summed E-state index contributed by atoms with van der Waals surface area (Å²) in [6, 6.07) is 12.7. The van der Waals surface area contributed by atoms with Crippen molar-refractivity contribution in [3.05, 3.63) is 64.2 Å². The number of halogens is 2. The lowest BCUT2D eigenvalue weighted by molar-refractivity contribution is -0.135. The van der Waals surface area contributed by atoms with Crippen LogP contribution >= 0.6 is 34.6 Å². The van der Waals surface area contributed by atoms with E-state index in [1.165, 1.54) is 0 Å². The maximum absolute atomic E-state index is 12.4. The van der Waals surface area contributed by atoms with Crippen molar-refractivity contribution < 1.29 is 12.7 Å². The van der Waals surface area contributed by atoms with Gasteiger partial charge in [-0.05, 0) is 42.7 Å². The number of nitrogens with one attached hydrogen (secondary N) is 1. The minimum absolute atomic E-state index is 0.215. The Balaban J connectivity index is 2.06. The van der Waals surface area contributed by atoms with Crippen LogP contribution in [0.25, 0.3) is 0 Å². The van der Waals surface area contributed by atoms with Gasteiger partial charge in [-0.1, -0.05) is 42.8 Å². The molecule has 0 bridgehead atoms. The molecular weight excluding hydrogens is 441 g/mol. The van der Waals surface area contributed by atoms with Gasteiger partial charge in [0.2, 0.25) is 0 Å². The minimum Gasteiger partial charge on any atom is -0.394 e. The van der Waals surface area contributed by atoms with Gasteiger partial charge in [-0.25, -0.2) is 0 Å². The summed E-state index contributed by atoms with van der Waals surface area (Å²) in [5.41, 5.74) is 2.97. The number of rotatable bonds is 5. The van der Waals surface area contributed by atoms with Crippen molar-refractivity contribution in [2.75, 3.05) is 5.32 Å². The number of aryl methyl sites for hydroxylation is 1. The van der Waals surface area contributed by atoms with Crippen molar-refractivity contribution >= 4 is 52.2 Å². The van der Waals surface area contributed by atoms with Crippen LogP contribution in [0, 0.1) is 12.8 Å². The van der Waals surface area contributed by atoms with Gasteiger partial charge in [0.1, 0.15) is 0 Å². The Hall–Kier alpha value is -1.60. The Morgan fingerprint density at radius 1 is 1.21 bits per heavy atom. The van der Waals surface area contributed by atoms with Crippen molar-refractivity contribution in [2.24, 2.45) is 5.92 Å². The molecule has 1 unspecified atom stereocenters. The van der Waals surface area contributed by atoms with E-state index in [0.717, 1.165) is 11.1 Å². The summed E-state index contributed by atoms with van der Waals surface area (Å²) in [4.78, 5) is 23.8. The predicted octanol–water partition coefficient (Wildman–Crippen LogP) is 4.97. The molecule has 0 radical (unpaired) electrons. The van der Waals surface area contributed by atoms with Gasteiger partial charge in [-0.15, -0.1) is 0 Å². The largest absolute Gasteiger partial charge is 0.394 e. The number of hydrogen-bond donors (Lipinski definition) is 1. The van der Waals surface area contributed by atoms with Crippen molar-refractivity contribution in [1.82, 2.24) is 0 Å². The molecule has 0 heterocycles. The molecule has 2 aromatic rings. The van der Waals surface area contributed by atoms with E-state index in [1.54, 1.807) is 29.1 Å². The molecule has 0 aliphatic rings. The van der Waals surface area contributed by atoms with E-state index in [1.807, 2.05) is 50.2 Å². The number of amides is 1. The fraction of sp³-hybridized carbons (Fsp3) is 0.222.